The predicted octanol–water partition coefficient (Wildman–Crippen LogP) is 4.33. The van der Waals surface area contributed by atoms with Crippen LogP contribution >= 0.6 is 0 Å². The maximum absolute atomic E-state index is 3.58. The zero-order valence-corrected chi connectivity index (χ0v) is 13.1. The summed E-state index contributed by atoms with van der Waals surface area (Å²) in [5, 5.41) is 3.58. The van der Waals surface area contributed by atoms with Gasteiger partial charge in [-0.1, -0.05) is 60.3 Å². The summed E-state index contributed by atoms with van der Waals surface area (Å²) in [7, 11) is 0. The van der Waals surface area contributed by atoms with E-state index in [0.717, 1.165) is 41.5 Å². The number of rotatable bonds is 7. The van der Waals surface area contributed by atoms with Crippen molar-refractivity contribution in [3.8, 4) is 0 Å². The molecule has 1 heteroatoms. The molecule has 0 aromatic carbocycles. The fourth-order valence-electron chi connectivity index (χ4n) is 4.67. The molecule has 6 atom stereocenters. The van der Waals surface area contributed by atoms with E-state index in [1.54, 1.807) is 0 Å². The van der Waals surface area contributed by atoms with Gasteiger partial charge >= 0.3 is 0 Å². The average Bonchev–Trinajstić information content (AvgIpc) is 2.29. The van der Waals surface area contributed by atoms with Crippen molar-refractivity contribution in [2.24, 2.45) is 35.5 Å². The molecular weight excluding hydrogens is 218 g/mol. The molecule has 0 amide bonds. The lowest BCUT2D eigenvalue weighted by atomic mass is 9.53. The van der Waals surface area contributed by atoms with Gasteiger partial charge in [-0.25, -0.2) is 0 Å². The van der Waals surface area contributed by atoms with Crippen molar-refractivity contribution in [1.82, 2.24) is 5.32 Å². The van der Waals surface area contributed by atoms with Crippen molar-refractivity contribution < 1.29 is 0 Å². The van der Waals surface area contributed by atoms with Crippen molar-refractivity contribution in [2.75, 3.05) is 6.54 Å². The first kappa shape index (κ1) is 14.4. The van der Waals surface area contributed by atoms with E-state index < -0.39 is 0 Å². The average molecular weight is 251 g/mol. The minimum atomic E-state index is 0.869. The Morgan fingerprint density at radius 1 is 1.17 bits per heavy atom. The molecule has 1 saturated heterocycles. The number of hydrogen-bond donors (Lipinski definition) is 1. The zero-order chi connectivity index (χ0) is 13.3. The fraction of sp³-hybridized carbons (Fsp3) is 1.00. The summed E-state index contributed by atoms with van der Waals surface area (Å²) in [5.41, 5.74) is 0. The maximum Gasteiger partial charge on any atom is 0.0139 e. The standard InChI is InChI=1S/C17H33N/c1-6-14(11(2)3)9-7-8-12(4)16-13(5)17-15(16)10-18-17/h11-18H,6-10H2,1-5H3. The zero-order valence-electron chi connectivity index (χ0n) is 13.1. The number of nitrogens with one attached hydrogen (secondary N) is 1. The first-order valence-corrected chi connectivity index (χ1v) is 8.29. The molecule has 0 bridgehead atoms. The minimum absolute atomic E-state index is 0.869. The first-order chi connectivity index (χ1) is 8.56. The third kappa shape index (κ3) is 2.61. The Balaban J connectivity index is 1.67. The lowest BCUT2D eigenvalue weighted by Gasteiger charge is -2.61. The molecule has 0 aromatic heterocycles. The Bertz CT molecular complexity index is 254. The maximum atomic E-state index is 3.58. The van der Waals surface area contributed by atoms with Gasteiger partial charge in [0.2, 0.25) is 0 Å². The Morgan fingerprint density at radius 2 is 1.89 bits per heavy atom. The highest BCUT2D eigenvalue weighted by Gasteiger charge is 2.54. The molecule has 0 radical (unpaired) electrons. The van der Waals surface area contributed by atoms with Gasteiger partial charge in [0, 0.05) is 12.6 Å². The number of hydrogen-bond acceptors (Lipinski definition) is 1. The molecule has 1 aliphatic heterocycles. The van der Waals surface area contributed by atoms with Crippen LogP contribution in [-0.4, -0.2) is 12.6 Å². The van der Waals surface area contributed by atoms with Gasteiger partial charge in [-0.2, -0.15) is 0 Å². The molecule has 1 nitrogen and oxygen atoms in total. The summed E-state index contributed by atoms with van der Waals surface area (Å²) in [6.45, 7) is 13.4. The Hall–Kier alpha value is -0.0400. The van der Waals surface area contributed by atoms with E-state index >= 15 is 0 Å². The minimum Gasteiger partial charge on any atom is -0.313 e. The molecule has 0 spiro atoms. The van der Waals surface area contributed by atoms with E-state index in [0.29, 0.717) is 0 Å². The lowest BCUT2D eigenvalue weighted by Crippen LogP contribution is -2.71. The lowest BCUT2D eigenvalue weighted by molar-refractivity contribution is -0.0748. The van der Waals surface area contributed by atoms with Crippen molar-refractivity contribution in [1.29, 1.82) is 0 Å². The largest absolute Gasteiger partial charge is 0.313 e. The number of piperidine rings is 1. The van der Waals surface area contributed by atoms with Crippen molar-refractivity contribution in [3.05, 3.63) is 0 Å². The van der Waals surface area contributed by atoms with Crippen LogP contribution in [0.25, 0.3) is 0 Å². The third-order valence-corrected chi connectivity index (χ3v) is 6.08. The summed E-state index contributed by atoms with van der Waals surface area (Å²) in [6, 6.07) is 0.886. The normalized spacial score (nSPS) is 37.7. The SMILES string of the molecule is CCC(CCCC(C)C1C(C)C2NCC21)C(C)C. The van der Waals surface area contributed by atoms with Gasteiger partial charge in [0.1, 0.15) is 0 Å². The monoisotopic (exact) mass is 251 g/mol. The molecular formula is C17H33N. The van der Waals surface area contributed by atoms with E-state index in [1.807, 2.05) is 0 Å². The van der Waals surface area contributed by atoms with Crippen LogP contribution in [-0.2, 0) is 0 Å². The molecule has 0 aromatic rings. The molecule has 1 aliphatic carbocycles. The summed E-state index contributed by atoms with van der Waals surface area (Å²) in [5.74, 6) is 5.76. The van der Waals surface area contributed by atoms with Crippen molar-refractivity contribution in [3.63, 3.8) is 0 Å². The van der Waals surface area contributed by atoms with Gasteiger partial charge in [0.15, 0.2) is 0 Å². The number of fused-ring (bicyclic) bond motifs is 1. The second kappa shape index (κ2) is 5.94. The van der Waals surface area contributed by atoms with E-state index in [1.165, 1.54) is 32.2 Å². The van der Waals surface area contributed by atoms with E-state index in [9.17, 15) is 0 Å². The van der Waals surface area contributed by atoms with E-state index in [2.05, 4.69) is 39.9 Å². The van der Waals surface area contributed by atoms with Gasteiger partial charge in [-0.05, 0) is 35.5 Å². The third-order valence-electron chi connectivity index (χ3n) is 6.08. The Morgan fingerprint density at radius 3 is 2.33 bits per heavy atom. The van der Waals surface area contributed by atoms with Crippen LogP contribution in [0, 0.1) is 35.5 Å². The molecule has 1 N–H and O–H groups in total. The molecule has 2 aliphatic rings. The fourth-order valence-corrected chi connectivity index (χ4v) is 4.67. The highest BCUT2D eigenvalue weighted by Crippen LogP contribution is 2.50. The Kier molecular flexibility index (Phi) is 4.75. The summed E-state index contributed by atoms with van der Waals surface area (Å²) in [4.78, 5) is 0. The topological polar surface area (TPSA) is 12.0 Å². The van der Waals surface area contributed by atoms with Gasteiger partial charge in [-0.3, -0.25) is 0 Å². The summed E-state index contributed by atoms with van der Waals surface area (Å²) >= 11 is 0. The predicted molar refractivity (Wildman–Crippen MR) is 79.6 cm³/mol. The highest BCUT2D eigenvalue weighted by molar-refractivity contribution is 5.08. The van der Waals surface area contributed by atoms with Crippen LogP contribution in [0.2, 0.25) is 0 Å². The van der Waals surface area contributed by atoms with Crippen molar-refractivity contribution in [2.45, 2.75) is 66.3 Å². The van der Waals surface area contributed by atoms with E-state index in [-0.39, 0.29) is 0 Å². The summed E-state index contributed by atoms with van der Waals surface area (Å²) < 4.78 is 0. The molecule has 2 rings (SSSR count). The highest BCUT2D eigenvalue weighted by atomic mass is 15.1. The molecule has 6 unspecified atom stereocenters. The summed E-state index contributed by atoms with van der Waals surface area (Å²) in [6.07, 6.45) is 5.72. The molecule has 1 saturated carbocycles. The van der Waals surface area contributed by atoms with Gasteiger partial charge < -0.3 is 5.32 Å². The van der Waals surface area contributed by atoms with Crippen LogP contribution in [0.3, 0.4) is 0 Å². The van der Waals surface area contributed by atoms with Crippen LogP contribution in [0.1, 0.15) is 60.3 Å². The van der Waals surface area contributed by atoms with Gasteiger partial charge in [0.25, 0.3) is 0 Å². The molecule has 18 heavy (non-hydrogen) atoms. The van der Waals surface area contributed by atoms with Crippen LogP contribution in [0.15, 0.2) is 0 Å². The van der Waals surface area contributed by atoms with Gasteiger partial charge in [-0.15, -0.1) is 0 Å². The van der Waals surface area contributed by atoms with Crippen LogP contribution in [0.5, 0.6) is 0 Å². The van der Waals surface area contributed by atoms with E-state index in [4.69, 9.17) is 0 Å². The quantitative estimate of drug-likeness (QED) is 0.710. The van der Waals surface area contributed by atoms with Crippen molar-refractivity contribution >= 4 is 0 Å². The second-order valence-electron chi connectivity index (χ2n) is 7.35. The molecule has 2 fully saturated rings. The van der Waals surface area contributed by atoms with Crippen LogP contribution in [0.4, 0.5) is 0 Å². The second-order valence-corrected chi connectivity index (χ2v) is 7.35. The smallest absolute Gasteiger partial charge is 0.0139 e. The van der Waals surface area contributed by atoms with Gasteiger partial charge in [0.05, 0.1) is 0 Å². The van der Waals surface area contributed by atoms with Crippen LogP contribution < -0.4 is 5.32 Å². The first-order valence-electron chi connectivity index (χ1n) is 8.29. The Labute approximate surface area is 114 Å². The molecule has 106 valence electrons. The molecule has 1 heterocycles.